The molecule has 1 amide bonds. The molecule has 2 atom stereocenters. The number of amides is 1. The van der Waals surface area contributed by atoms with Gasteiger partial charge in [-0.15, -0.1) is 5.10 Å². The Morgan fingerprint density at radius 3 is 2.52 bits per heavy atom. The van der Waals surface area contributed by atoms with E-state index in [9.17, 15) is 4.79 Å². The van der Waals surface area contributed by atoms with Crippen molar-refractivity contribution >= 4 is 5.91 Å². The fraction of sp³-hybridized carbons (Fsp3) is 0.526. The highest BCUT2D eigenvalue weighted by Gasteiger charge is 2.39. The maximum absolute atomic E-state index is 13.2. The highest BCUT2D eigenvalue weighted by Crippen LogP contribution is 2.30. The van der Waals surface area contributed by atoms with Crippen LogP contribution in [-0.2, 0) is 0 Å². The van der Waals surface area contributed by atoms with Gasteiger partial charge in [-0.25, -0.2) is 4.68 Å². The molecule has 2 aliphatic heterocycles. The van der Waals surface area contributed by atoms with Gasteiger partial charge < -0.3 is 9.80 Å². The van der Waals surface area contributed by atoms with Crippen LogP contribution in [0.2, 0.25) is 0 Å². The molecule has 0 bridgehead atoms. The molecule has 6 nitrogen and oxygen atoms in total. The molecule has 2 unspecified atom stereocenters. The molecule has 0 radical (unpaired) electrons. The van der Waals surface area contributed by atoms with Gasteiger partial charge in [0.25, 0.3) is 5.91 Å². The molecule has 25 heavy (non-hydrogen) atoms. The van der Waals surface area contributed by atoms with Crippen LogP contribution in [0.15, 0.2) is 30.3 Å². The minimum absolute atomic E-state index is 0.0301. The lowest BCUT2D eigenvalue weighted by molar-refractivity contribution is 0.0657. The molecule has 4 rings (SSSR count). The third-order valence-electron chi connectivity index (χ3n) is 5.68. The summed E-state index contributed by atoms with van der Waals surface area (Å²) in [6, 6.07) is 10.6. The molecular formula is C19H25N5O. The number of para-hydroxylation sites is 1. The standard InChI is InChI=1S/C19H25N5O/c1-14-18(20-21-24(14)15-8-4-3-5-9-15)19(25)23-13-7-11-17(23)16-10-6-12-22(16)2/h3-5,8-9,16-17H,6-7,10-13H2,1-2H3. The van der Waals surface area contributed by atoms with Crippen molar-refractivity contribution in [3.05, 3.63) is 41.7 Å². The van der Waals surface area contributed by atoms with Gasteiger partial charge >= 0.3 is 0 Å². The molecule has 3 heterocycles. The molecule has 1 aromatic heterocycles. The summed E-state index contributed by atoms with van der Waals surface area (Å²) in [5.41, 5.74) is 2.22. The summed E-state index contributed by atoms with van der Waals surface area (Å²) in [4.78, 5) is 17.6. The normalized spacial score (nSPS) is 24.2. The molecule has 0 N–H and O–H groups in total. The number of aromatic nitrogens is 3. The molecule has 132 valence electrons. The number of nitrogens with zero attached hydrogens (tertiary/aromatic N) is 5. The van der Waals surface area contributed by atoms with Gasteiger partial charge in [0.2, 0.25) is 0 Å². The summed E-state index contributed by atoms with van der Waals surface area (Å²) in [6.45, 7) is 3.88. The van der Waals surface area contributed by atoms with Crippen molar-refractivity contribution in [2.75, 3.05) is 20.1 Å². The van der Waals surface area contributed by atoms with Crippen molar-refractivity contribution in [2.24, 2.45) is 0 Å². The first-order valence-corrected chi connectivity index (χ1v) is 9.16. The van der Waals surface area contributed by atoms with Crippen molar-refractivity contribution in [3.8, 4) is 5.69 Å². The third kappa shape index (κ3) is 2.84. The van der Waals surface area contributed by atoms with Gasteiger partial charge in [0.1, 0.15) is 0 Å². The van der Waals surface area contributed by atoms with Gasteiger partial charge in [-0.1, -0.05) is 23.4 Å². The van der Waals surface area contributed by atoms with Gasteiger partial charge in [-0.2, -0.15) is 0 Å². The lowest BCUT2D eigenvalue weighted by Gasteiger charge is -2.32. The number of hydrogen-bond acceptors (Lipinski definition) is 4. The maximum Gasteiger partial charge on any atom is 0.276 e. The summed E-state index contributed by atoms with van der Waals surface area (Å²) in [7, 11) is 2.18. The fourth-order valence-electron chi connectivity index (χ4n) is 4.34. The highest BCUT2D eigenvalue weighted by molar-refractivity contribution is 5.93. The molecule has 0 aliphatic carbocycles. The zero-order chi connectivity index (χ0) is 17.4. The Morgan fingerprint density at radius 2 is 1.80 bits per heavy atom. The summed E-state index contributed by atoms with van der Waals surface area (Å²) in [5.74, 6) is 0.0301. The molecule has 0 saturated carbocycles. The van der Waals surface area contributed by atoms with Crippen molar-refractivity contribution in [2.45, 2.75) is 44.7 Å². The summed E-state index contributed by atoms with van der Waals surface area (Å²) < 4.78 is 1.75. The van der Waals surface area contributed by atoms with E-state index in [0.717, 1.165) is 37.3 Å². The Hall–Kier alpha value is -2.21. The number of likely N-dealkylation sites (N-methyl/N-ethyl adjacent to an activating group) is 1. The maximum atomic E-state index is 13.2. The zero-order valence-electron chi connectivity index (χ0n) is 14.9. The van der Waals surface area contributed by atoms with Crippen molar-refractivity contribution in [3.63, 3.8) is 0 Å². The van der Waals surface area contributed by atoms with Crippen LogP contribution in [0.25, 0.3) is 5.69 Å². The molecule has 2 saturated heterocycles. The van der Waals surface area contributed by atoms with Crippen LogP contribution in [0.1, 0.15) is 41.9 Å². The smallest absolute Gasteiger partial charge is 0.276 e. The summed E-state index contributed by atoms with van der Waals surface area (Å²) in [6.07, 6.45) is 4.57. The molecule has 2 fully saturated rings. The molecular weight excluding hydrogens is 314 g/mol. The second-order valence-electron chi connectivity index (χ2n) is 7.17. The quantitative estimate of drug-likeness (QED) is 0.861. The number of likely N-dealkylation sites (tertiary alicyclic amines) is 2. The third-order valence-corrected chi connectivity index (χ3v) is 5.68. The van der Waals surface area contributed by atoms with E-state index in [2.05, 4.69) is 22.3 Å². The first kappa shape index (κ1) is 16.3. The average molecular weight is 339 g/mol. The van der Waals surface area contributed by atoms with Crippen molar-refractivity contribution in [1.82, 2.24) is 24.8 Å². The Kier molecular flexibility index (Phi) is 4.29. The predicted octanol–water partition coefficient (Wildman–Crippen LogP) is 2.27. The highest BCUT2D eigenvalue weighted by atomic mass is 16.2. The molecule has 0 spiro atoms. The average Bonchev–Trinajstić information content (AvgIpc) is 3.34. The molecule has 2 aliphatic rings. The predicted molar refractivity (Wildman–Crippen MR) is 95.8 cm³/mol. The topological polar surface area (TPSA) is 54.3 Å². The van der Waals surface area contributed by atoms with E-state index in [-0.39, 0.29) is 5.91 Å². The van der Waals surface area contributed by atoms with E-state index in [1.807, 2.05) is 42.2 Å². The van der Waals surface area contributed by atoms with Gasteiger partial charge in [-0.05, 0) is 58.3 Å². The molecule has 6 heteroatoms. The van der Waals surface area contributed by atoms with Crippen LogP contribution >= 0.6 is 0 Å². The Bertz CT molecular complexity index is 756. The Balaban J connectivity index is 1.60. The van der Waals surface area contributed by atoms with Crippen LogP contribution in [0.3, 0.4) is 0 Å². The number of carbonyl (C=O) groups is 1. The lowest BCUT2D eigenvalue weighted by atomic mass is 10.0. The monoisotopic (exact) mass is 339 g/mol. The molecule has 2 aromatic rings. The fourth-order valence-corrected chi connectivity index (χ4v) is 4.34. The van der Waals surface area contributed by atoms with E-state index in [0.29, 0.717) is 17.8 Å². The van der Waals surface area contributed by atoms with Crippen LogP contribution in [0.4, 0.5) is 0 Å². The van der Waals surface area contributed by atoms with Crippen LogP contribution in [0.5, 0.6) is 0 Å². The van der Waals surface area contributed by atoms with E-state index < -0.39 is 0 Å². The van der Waals surface area contributed by atoms with E-state index in [1.165, 1.54) is 12.8 Å². The Labute approximate surface area is 148 Å². The number of benzene rings is 1. The number of carbonyl (C=O) groups excluding carboxylic acids is 1. The number of hydrogen-bond donors (Lipinski definition) is 0. The van der Waals surface area contributed by atoms with Crippen LogP contribution in [-0.4, -0.2) is 62.9 Å². The van der Waals surface area contributed by atoms with Crippen molar-refractivity contribution < 1.29 is 4.79 Å². The summed E-state index contributed by atoms with van der Waals surface area (Å²) in [5, 5.41) is 8.45. The summed E-state index contributed by atoms with van der Waals surface area (Å²) >= 11 is 0. The van der Waals surface area contributed by atoms with Gasteiger partial charge in [0.05, 0.1) is 11.4 Å². The number of rotatable bonds is 3. The van der Waals surface area contributed by atoms with E-state index >= 15 is 0 Å². The minimum Gasteiger partial charge on any atom is -0.333 e. The van der Waals surface area contributed by atoms with Crippen molar-refractivity contribution in [1.29, 1.82) is 0 Å². The first-order valence-electron chi connectivity index (χ1n) is 9.16. The first-order chi connectivity index (χ1) is 12.2. The van der Waals surface area contributed by atoms with Gasteiger partial charge in [0, 0.05) is 18.6 Å². The molecule has 1 aromatic carbocycles. The van der Waals surface area contributed by atoms with Crippen LogP contribution < -0.4 is 0 Å². The minimum atomic E-state index is 0.0301. The van der Waals surface area contributed by atoms with Gasteiger partial charge in [-0.3, -0.25) is 4.79 Å². The second-order valence-corrected chi connectivity index (χ2v) is 7.17. The lowest BCUT2D eigenvalue weighted by Crippen LogP contribution is -2.47. The van der Waals surface area contributed by atoms with Crippen LogP contribution in [0, 0.1) is 6.92 Å². The largest absolute Gasteiger partial charge is 0.333 e. The zero-order valence-corrected chi connectivity index (χ0v) is 14.9. The van der Waals surface area contributed by atoms with Gasteiger partial charge in [0.15, 0.2) is 5.69 Å². The van der Waals surface area contributed by atoms with E-state index in [4.69, 9.17) is 0 Å². The Morgan fingerprint density at radius 1 is 1.08 bits per heavy atom. The second kappa shape index (κ2) is 6.59. The SMILES string of the molecule is Cc1c(C(=O)N2CCCC2C2CCCN2C)nnn1-c1ccccc1. The van der Waals surface area contributed by atoms with E-state index in [1.54, 1.807) is 4.68 Å².